The van der Waals surface area contributed by atoms with Crippen LogP contribution in [-0.2, 0) is 19.9 Å². The third kappa shape index (κ3) is 4.16. The van der Waals surface area contributed by atoms with E-state index in [1.54, 1.807) is 24.3 Å². The van der Waals surface area contributed by atoms with Crippen LogP contribution >= 0.6 is 11.6 Å². The summed E-state index contributed by atoms with van der Waals surface area (Å²) in [6, 6.07) is 13.3. The van der Waals surface area contributed by atoms with Gasteiger partial charge in [-0.1, -0.05) is 47.0 Å². The number of phenols is 1. The maximum Gasteiger partial charge on any atom is 0.261 e. The number of benzene rings is 3. The molecule has 9 heteroatoms. The maximum atomic E-state index is 13.1. The minimum atomic E-state index is -4.14. The first-order valence-electron chi connectivity index (χ1n) is 8.87. The molecule has 0 fully saturated rings. The number of halogens is 1. The monoisotopic (exact) mass is 465 g/mol. The fourth-order valence-corrected chi connectivity index (χ4v) is 5.54. The van der Waals surface area contributed by atoms with Crippen molar-refractivity contribution in [3.63, 3.8) is 0 Å². The third-order valence-electron chi connectivity index (χ3n) is 4.65. The highest BCUT2D eigenvalue weighted by atomic mass is 35.5. The lowest BCUT2D eigenvalue weighted by molar-refractivity contribution is 0.458. The Balaban J connectivity index is 2.13. The topological polar surface area (TPSA) is 101 Å². The average molecular weight is 466 g/mol. The SMILES string of the molecule is Cc1ccc(S(=O)(=O)Nc2cc(S(=O)(=O)c3ccc(C)cc3)c(O)c(Cl)c2C)cc1. The molecule has 0 aliphatic rings. The molecule has 0 spiro atoms. The highest BCUT2D eigenvalue weighted by Crippen LogP contribution is 2.41. The zero-order chi connectivity index (χ0) is 22.3. The second-order valence-electron chi connectivity index (χ2n) is 6.94. The number of hydrogen-bond acceptors (Lipinski definition) is 5. The predicted octanol–water partition coefficient (Wildman–Crippen LogP) is 4.60. The van der Waals surface area contributed by atoms with Crippen LogP contribution in [0.5, 0.6) is 5.75 Å². The second kappa shape index (κ2) is 7.94. The number of rotatable bonds is 5. The predicted molar refractivity (Wildman–Crippen MR) is 116 cm³/mol. The van der Waals surface area contributed by atoms with Crippen LogP contribution in [0, 0.1) is 20.8 Å². The number of aromatic hydroxyl groups is 1. The van der Waals surface area contributed by atoms with Crippen molar-refractivity contribution in [1.82, 2.24) is 0 Å². The van der Waals surface area contributed by atoms with Gasteiger partial charge in [-0.05, 0) is 56.7 Å². The van der Waals surface area contributed by atoms with Gasteiger partial charge in [-0.2, -0.15) is 0 Å². The lowest BCUT2D eigenvalue weighted by atomic mass is 10.2. The zero-order valence-corrected chi connectivity index (χ0v) is 18.9. The molecule has 0 aliphatic heterocycles. The Hall–Kier alpha value is -2.55. The minimum Gasteiger partial charge on any atom is -0.505 e. The van der Waals surface area contributed by atoms with E-state index >= 15 is 0 Å². The Morgan fingerprint density at radius 1 is 0.800 bits per heavy atom. The van der Waals surface area contributed by atoms with E-state index < -0.39 is 30.5 Å². The van der Waals surface area contributed by atoms with Crippen molar-refractivity contribution < 1.29 is 21.9 Å². The van der Waals surface area contributed by atoms with Crippen LogP contribution in [0.2, 0.25) is 5.02 Å². The number of nitrogens with one attached hydrogen (secondary N) is 1. The maximum absolute atomic E-state index is 13.1. The number of aryl methyl sites for hydroxylation is 2. The molecular weight excluding hydrogens is 446 g/mol. The van der Waals surface area contributed by atoms with Gasteiger partial charge in [0.05, 0.1) is 20.5 Å². The zero-order valence-electron chi connectivity index (χ0n) is 16.5. The molecule has 0 radical (unpaired) electrons. The molecule has 3 aromatic carbocycles. The number of sulfonamides is 1. The Labute approximate surface area is 181 Å². The smallest absolute Gasteiger partial charge is 0.261 e. The summed E-state index contributed by atoms with van der Waals surface area (Å²) in [6.07, 6.45) is 0. The van der Waals surface area contributed by atoms with Crippen LogP contribution in [0.15, 0.2) is 69.3 Å². The summed E-state index contributed by atoms with van der Waals surface area (Å²) in [6.45, 7) is 5.13. The van der Waals surface area contributed by atoms with Crippen LogP contribution in [0.25, 0.3) is 0 Å². The Kier molecular flexibility index (Phi) is 5.86. The molecule has 0 amide bonds. The summed E-state index contributed by atoms with van der Waals surface area (Å²) in [5, 5.41) is 10.2. The van der Waals surface area contributed by atoms with Crippen LogP contribution in [0.3, 0.4) is 0 Å². The first kappa shape index (κ1) is 22.1. The highest BCUT2D eigenvalue weighted by molar-refractivity contribution is 7.93. The van der Waals surface area contributed by atoms with Crippen molar-refractivity contribution in [2.45, 2.75) is 35.5 Å². The van der Waals surface area contributed by atoms with E-state index in [9.17, 15) is 21.9 Å². The van der Waals surface area contributed by atoms with E-state index in [0.29, 0.717) is 0 Å². The Bertz CT molecular complexity index is 1320. The van der Waals surface area contributed by atoms with Gasteiger partial charge in [0.1, 0.15) is 4.90 Å². The van der Waals surface area contributed by atoms with Gasteiger partial charge >= 0.3 is 0 Å². The van der Waals surface area contributed by atoms with Gasteiger partial charge in [0, 0.05) is 0 Å². The number of hydrogen-bond donors (Lipinski definition) is 2. The normalized spacial score (nSPS) is 12.0. The van der Waals surface area contributed by atoms with Crippen molar-refractivity contribution in [2.75, 3.05) is 4.72 Å². The van der Waals surface area contributed by atoms with E-state index in [0.717, 1.165) is 17.2 Å². The van der Waals surface area contributed by atoms with Crippen molar-refractivity contribution in [3.05, 3.63) is 76.3 Å². The van der Waals surface area contributed by atoms with Gasteiger partial charge in [0.25, 0.3) is 10.0 Å². The van der Waals surface area contributed by atoms with Crippen LogP contribution in [0.1, 0.15) is 16.7 Å². The number of anilines is 1. The van der Waals surface area contributed by atoms with Gasteiger partial charge in [-0.25, -0.2) is 16.8 Å². The first-order chi connectivity index (χ1) is 13.9. The third-order valence-corrected chi connectivity index (χ3v) is 8.27. The molecule has 30 heavy (non-hydrogen) atoms. The van der Waals surface area contributed by atoms with E-state index in [2.05, 4.69) is 4.72 Å². The number of phenolic OH excluding ortho intramolecular Hbond substituents is 1. The average Bonchev–Trinajstić information content (AvgIpc) is 2.69. The van der Waals surface area contributed by atoms with Crippen LogP contribution in [0.4, 0.5) is 5.69 Å². The molecule has 0 saturated carbocycles. The summed E-state index contributed by atoms with van der Waals surface area (Å²) in [5.74, 6) is -0.631. The van der Waals surface area contributed by atoms with E-state index in [1.165, 1.54) is 31.2 Å². The fourth-order valence-electron chi connectivity index (χ4n) is 2.79. The molecule has 0 aliphatic carbocycles. The largest absolute Gasteiger partial charge is 0.505 e. The van der Waals surface area contributed by atoms with Crippen LogP contribution in [-0.4, -0.2) is 21.9 Å². The van der Waals surface area contributed by atoms with E-state index in [-0.39, 0.29) is 26.1 Å². The molecule has 0 aromatic heterocycles. The first-order valence-corrected chi connectivity index (χ1v) is 12.2. The summed E-state index contributed by atoms with van der Waals surface area (Å²) in [4.78, 5) is -0.515. The van der Waals surface area contributed by atoms with Crippen molar-refractivity contribution >= 4 is 37.1 Å². The van der Waals surface area contributed by atoms with E-state index in [4.69, 9.17) is 11.6 Å². The lowest BCUT2D eigenvalue weighted by Gasteiger charge is -2.16. The van der Waals surface area contributed by atoms with Gasteiger partial charge in [0.2, 0.25) is 9.84 Å². The standard InChI is InChI=1S/C21H20ClNO5S2/c1-13-4-8-16(9-5-13)29(25,26)19-12-18(15(3)20(22)21(19)24)23-30(27,28)17-10-6-14(2)7-11-17/h4-12,23-24H,1-3H3. The second-order valence-corrected chi connectivity index (χ2v) is 10.9. The van der Waals surface area contributed by atoms with Gasteiger partial charge in [-0.3, -0.25) is 4.72 Å². The Morgan fingerprint density at radius 3 is 1.77 bits per heavy atom. The van der Waals surface area contributed by atoms with Crippen molar-refractivity contribution in [3.8, 4) is 5.75 Å². The molecular formula is C21H20ClNO5S2. The number of sulfone groups is 1. The summed E-state index contributed by atoms with van der Waals surface area (Å²) < 4.78 is 54.0. The molecule has 158 valence electrons. The van der Waals surface area contributed by atoms with Gasteiger partial charge < -0.3 is 5.11 Å². The van der Waals surface area contributed by atoms with E-state index in [1.807, 2.05) is 13.8 Å². The molecule has 6 nitrogen and oxygen atoms in total. The molecule has 3 aromatic rings. The fraction of sp³-hybridized carbons (Fsp3) is 0.143. The van der Waals surface area contributed by atoms with Crippen LogP contribution < -0.4 is 4.72 Å². The lowest BCUT2D eigenvalue weighted by Crippen LogP contribution is -2.15. The minimum absolute atomic E-state index is 0.0136. The molecule has 3 rings (SSSR count). The molecule has 0 heterocycles. The molecule has 0 saturated heterocycles. The molecule has 0 unspecified atom stereocenters. The van der Waals surface area contributed by atoms with Crippen molar-refractivity contribution in [2.24, 2.45) is 0 Å². The summed E-state index contributed by atoms with van der Waals surface area (Å²) >= 11 is 6.15. The van der Waals surface area contributed by atoms with Gasteiger partial charge in [-0.15, -0.1) is 0 Å². The molecule has 0 atom stereocenters. The molecule has 0 bridgehead atoms. The quantitative estimate of drug-likeness (QED) is 0.536. The van der Waals surface area contributed by atoms with Gasteiger partial charge in [0.15, 0.2) is 5.75 Å². The summed E-state index contributed by atoms with van der Waals surface area (Å²) in [5.41, 5.74) is 1.92. The van der Waals surface area contributed by atoms with Crippen molar-refractivity contribution in [1.29, 1.82) is 0 Å². The molecule has 2 N–H and O–H groups in total. The highest BCUT2D eigenvalue weighted by Gasteiger charge is 2.27. The Morgan fingerprint density at radius 2 is 1.27 bits per heavy atom. The summed E-state index contributed by atoms with van der Waals surface area (Å²) in [7, 11) is -8.14.